The summed E-state index contributed by atoms with van der Waals surface area (Å²) in [5, 5.41) is 7.71. The van der Waals surface area contributed by atoms with Gasteiger partial charge >= 0.3 is 0 Å². The van der Waals surface area contributed by atoms with Gasteiger partial charge in [0, 0.05) is 12.7 Å². The number of rotatable bonds is 6. The van der Waals surface area contributed by atoms with Crippen LogP contribution >= 0.6 is 15.9 Å². The maximum absolute atomic E-state index is 13.5. The normalized spacial score (nSPS) is 11.2. The molecule has 0 amide bonds. The van der Waals surface area contributed by atoms with Crippen LogP contribution < -0.4 is 5.32 Å². The molecule has 0 fully saturated rings. The number of nitrogens with zero attached hydrogens (tertiary/aromatic N) is 2. The number of halogens is 2. The number of hydrogen-bond donors (Lipinski definition) is 1. The molecule has 5 heteroatoms. The van der Waals surface area contributed by atoms with Crippen molar-refractivity contribution >= 4 is 15.9 Å². The first-order valence-corrected chi connectivity index (χ1v) is 7.51. The zero-order valence-corrected chi connectivity index (χ0v) is 13.3. The lowest BCUT2D eigenvalue weighted by Crippen LogP contribution is -2.21. The molecule has 0 unspecified atom stereocenters. The highest BCUT2D eigenvalue weighted by atomic mass is 79.9. The Kier molecular flexibility index (Phi) is 5.31. The Hall–Kier alpha value is -1.20. The topological polar surface area (TPSA) is 29.9 Å². The van der Waals surface area contributed by atoms with Crippen molar-refractivity contribution in [1.82, 2.24) is 15.1 Å². The second kappa shape index (κ2) is 6.99. The lowest BCUT2D eigenvalue weighted by Gasteiger charge is -2.11. The summed E-state index contributed by atoms with van der Waals surface area (Å²) in [5.41, 5.74) is 1.99. The molecule has 0 bridgehead atoms. The summed E-state index contributed by atoms with van der Waals surface area (Å²) >= 11 is 3.29. The van der Waals surface area contributed by atoms with Crippen molar-refractivity contribution in [2.75, 3.05) is 6.54 Å². The molecule has 0 atom stereocenters. The molecule has 0 radical (unpaired) electrons. The SMILES string of the molecule is CC(C)CNCc1ccnn1Cc1cccc(F)c1Br. The van der Waals surface area contributed by atoms with E-state index in [0.717, 1.165) is 24.3 Å². The van der Waals surface area contributed by atoms with Gasteiger partial charge in [0.05, 0.1) is 16.7 Å². The van der Waals surface area contributed by atoms with E-state index >= 15 is 0 Å². The van der Waals surface area contributed by atoms with Gasteiger partial charge in [-0.2, -0.15) is 5.10 Å². The van der Waals surface area contributed by atoms with E-state index < -0.39 is 0 Å². The third-order valence-corrected chi connectivity index (χ3v) is 3.90. The molecule has 2 aromatic rings. The van der Waals surface area contributed by atoms with Crippen molar-refractivity contribution in [2.45, 2.75) is 26.9 Å². The van der Waals surface area contributed by atoms with Crippen LogP contribution in [-0.4, -0.2) is 16.3 Å². The lowest BCUT2D eigenvalue weighted by molar-refractivity contribution is 0.528. The van der Waals surface area contributed by atoms with Crippen molar-refractivity contribution in [1.29, 1.82) is 0 Å². The highest BCUT2D eigenvalue weighted by Crippen LogP contribution is 2.21. The molecule has 20 heavy (non-hydrogen) atoms. The minimum atomic E-state index is -0.242. The fourth-order valence-corrected chi connectivity index (χ4v) is 2.36. The summed E-state index contributed by atoms with van der Waals surface area (Å²) in [6, 6.07) is 7.05. The molecule has 1 heterocycles. The first kappa shape index (κ1) is 15.2. The van der Waals surface area contributed by atoms with Gasteiger partial charge in [-0.25, -0.2) is 4.39 Å². The summed E-state index contributed by atoms with van der Waals surface area (Å²) in [7, 11) is 0. The van der Waals surface area contributed by atoms with Gasteiger partial charge in [0.2, 0.25) is 0 Å². The summed E-state index contributed by atoms with van der Waals surface area (Å²) in [6.45, 7) is 6.65. The summed E-state index contributed by atoms with van der Waals surface area (Å²) in [5.74, 6) is 0.373. The van der Waals surface area contributed by atoms with Gasteiger partial charge in [-0.3, -0.25) is 4.68 Å². The van der Waals surface area contributed by atoms with Crippen LogP contribution in [0, 0.1) is 11.7 Å². The molecule has 0 aliphatic rings. The quantitative estimate of drug-likeness (QED) is 0.871. The largest absolute Gasteiger partial charge is 0.311 e. The zero-order valence-electron chi connectivity index (χ0n) is 11.7. The highest BCUT2D eigenvalue weighted by molar-refractivity contribution is 9.10. The van der Waals surface area contributed by atoms with E-state index in [1.54, 1.807) is 12.3 Å². The average molecular weight is 340 g/mol. The Morgan fingerprint density at radius 3 is 2.90 bits per heavy atom. The van der Waals surface area contributed by atoms with Crippen molar-refractivity contribution < 1.29 is 4.39 Å². The zero-order chi connectivity index (χ0) is 14.5. The van der Waals surface area contributed by atoms with Gasteiger partial charge in [-0.05, 0) is 46.1 Å². The van der Waals surface area contributed by atoms with Gasteiger partial charge in [-0.1, -0.05) is 26.0 Å². The van der Waals surface area contributed by atoms with Crippen LogP contribution in [0.3, 0.4) is 0 Å². The Labute approximate surface area is 127 Å². The third-order valence-electron chi connectivity index (χ3n) is 3.01. The van der Waals surface area contributed by atoms with Crippen molar-refractivity contribution in [3.8, 4) is 0 Å². The molecule has 0 saturated carbocycles. The van der Waals surface area contributed by atoms with E-state index in [1.165, 1.54) is 6.07 Å². The van der Waals surface area contributed by atoms with Gasteiger partial charge in [-0.15, -0.1) is 0 Å². The van der Waals surface area contributed by atoms with Crippen LogP contribution in [0.4, 0.5) is 4.39 Å². The van der Waals surface area contributed by atoms with Crippen LogP contribution in [0.15, 0.2) is 34.9 Å². The molecule has 0 saturated heterocycles. The third kappa shape index (κ3) is 3.90. The summed E-state index contributed by atoms with van der Waals surface area (Å²) in [4.78, 5) is 0. The predicted octanol–water partition coefficient (Wildman–Crippen LogP) is 3.58. The molecule has 2 rings (SSSR count). The molecule has 1 aromatic carbocycles. The van der Waals surface area contributed by atoms with Crippen molar-refractivity contribution in [3.05, 3.63) is 52.0 Å². The Balaban J connectivity index is 2.06. The summed E-state index contributed by atoms with van der Waals surface area (Å²) in [6.07, 6.45) is 1.78. The highest BCUT2D eigenvalue weighted by Gasteiger charge is 2.08. The van der Waals surface area contributed by atoms with E-state index in [-0.39, 0.29) is 5.82 Å². The molecule has 1 N–H and O–H groups in total. The van der Waals surface area contributed by atoms with E-state index in [0.29, 0.717) is 16.9 Å². The fraction of sp³-hybridized carbons (Fsp3) is 0.400. The second-order valence-corrected chi connectivity index (χ2v) is 6.01. The molecule has 0 spiro atoms. The first-order chi connectivity index (χ1) is 9.58. The van der Waals surface area contributed by atoms with Crippen LogP contribution in [0.5, 0.6) is 0 Å². The second-order valence-electron chi connectivity index (χ2n) is 5.22. The average Bonchev–Trinajstić information content (AvgIpc) is 2.82. The van der Waals surface area contributed by atoms with Gasteiger partial charge in [0.1, 0.15) is 5.82 Å². The molecule has 108 valence electrons. The van der Waals surface area contributed by atoms with Crippen molar-refractivity contribution in [3.63, 3.8) is 0 Å². The van der Waals surface area contributed by atoms with E-state index in [9.17, 15) is 4.39 Å². The van der Waals surface area contributed by atoms with Gasteiger partial charge < -0.3 is 5.32 Å². The number of benzene rings is 1. The van der Waals surface area contributed by atoms with Crippen LogP contribution in [0.1, 0.15) is 25.1 Å². The van der Waals surface area contributed by atoms with E-state index in [2.05, 4.69) is 40.2 Å². The Bertz CT molecular complexity index is 566. The van der Waals surface area contributed by atoms with Gasteiger partial charge in [0.25, 0.3) is 0 Å². The Morgan fingerprint density at radius 2 is 2.15 bits per heavy atom. The number of hydrogen-bond acceptors (Lipinski definition) is 2. The minimum absolute atomic E-state index is 0.242. The van der Waals surface area contributed by atoms with Crippen LogP contribution in [-0.2, 0) is 13.1 Å². The molecule has 1 aromatic heterocycles. The first-order valence-electron chi connectivity index (χ1n) is 6.72. The molecular formula is C15H19BrFN3. The van der Waals surface area contributed by atoms with Crippen LogP contribution in [0.25, 0.3) is 0 Å². The van der Waals surface area contributed by atoms with E-state index in [4.69, 9.17) is 0 Å². The maximum Gasteiger partial charge on any atom is 0.137 e. The molecule has 0 aliphatic carbocycles. The monoisotopic (exact) mass is 339 g/mol. The molecule has 3 nitrogen and oxygen atoms in total. The van der Waals surface area contributed by atoms with Crippen LogP contribution in [0.2, 0.25) is 0 Å². The smallest absolute Gasteiger partial charge is 0.137 e. The minimum Gasteiger partial charge on any atom is -0.311 e. The van der Waals surface area contributed by atoms with E-state index in [1.807, 2.05) is 16.8 Å². The lowest BCUT2D eigenvalue weighted by atomic mass is 10.2. The standard InChI is InChI=1S/C15H19BrFN3/c1-11(2)8-18-9-13-6-7-19-20(13)10-12-4-3-5-14(17)15(12)16/h3-7,11,18H,8-10H2,1-2H3. The maximum atomic E-state index is 13.5. The van der Waals surface area contributed by atoms with Crippen molar-refractivity contribution in [2.24, 2.45) is 5.92 Å². The number of aromatic nitrogens is 2. The predicted molar refractivity (Wildman–Crippen MR) is 82.0 cm³/mol. The molecular weight excluding hydrogens is 321 g/mol. The summed E-state index contributed by atoms with van der Waals surface area (Å²) < 4.78 is 15.9. The number of nitrogens with one attached hydrogen (secondary N) is 1. The molecule has 0 aliphatic heterocycles. The fourth-order valence-electron chi connectivity index (χ4n) is 1.97. The Morgan fingerprint density at radius 1 is 1.35 bits per heavy atom. The van der Waals surface area contributed by atoms with Gasteiger partial charge in [0.15, 0.2) is 0 Å².